The van der Waals surface area contributed by atoms with E-state index >= 15 is 0 Å². The van der Waals surface area contributed by atoms with Crippen LogP contribution < -0.4 is 0 Å². The van der Waals surface area contributed by atoms with Gasteiger partial charge in [0, 0.05) is 12.6 Å². The average molecular weight is 211 g/mol. The van der Waals surface area contributed by atoms with Crippen molar-refractivity contribution in [3.8, 4) is 0 Å². The molecule has 1 aromatic rings. The first-order valence-corrected chi connectivity index (χ1v) is 6.43. The highest BCUT2D eigenvalue weighted by Crippen LogP contribution is 2.24. The molecule has 0 saturated carbocycles. The van der Waals surface area contributed by atoms with Gasteiger partial charge in [0.1, 0.15) is 0 Å². The Morgan fingerprint density at radius 2 is 2.00 bits per heavy atom. The van der Waals surface area contributed by atoms with Gasteiger partial charge in [0.2, 0.25) is 10.0 Å². The number of benzene rings is 1. The predicted molar refractivity (Wildman–Crippen MR) is 55.5 cm³/mol. The van der Waals surface area contributed by atoms with E-state index in [-0.39, 0.29) is 6.04 Å². The molecule has 1 aliphatic rings. The van der Waals surface area contributed by atoms with Crippen LogP contribution in [0.5, 0.6) is 0 Å². The first kappa shape index (κ1) is 9.68. The highest BCUT2D eigenvalue weighted by atomic mass is 32.2. The molecule has 1 unspecified atom stereocenters. The van der Waals surface area contributed by atoms with Crippen LogP contribution in [-0.2, 0) is 16.4 Å². The third-order valence-electron chi connectivity index (χ3n) is 2.40. The Hall–Kier alpha value is -0.870. The Balaban J connectivity index is 1.98. The van der Waals surface area contributed by atoms with Crippen LogP contribution in [0.4, 0.5) is 0 Å². The van der Waals surface area contributed by atoms with Gasteiger partial charge in [-0.15, -0.1) is 0 Å². The standard InChI is InChI=1S/C10H13NO2S/c1-14(12,13)11-8-10(11)7-9-5-3-2-4-6-9/h2-6,10H,7-8H2,1H3/t10-,11?/m0/s1. The van der Waals surface area contributed by atoms with Gasteiger partial charge < -0.3 is 0 Å². The van der Waals surface area contributed by atoms with E-state index < -0.39 is 10.0 Å². The lowest BCUT2D eigenvalue weighted by Gasteiger charge is -2.00. The second kappa shape index (κ2) is 3.37. The molecule has 76 valence electrons. The van der Waals surface area contributed by atoms with Gasteiger partial charge in [0.25, 0.3) is 0 Å². The summed E-state index contributed by atoms with van der Waals surface area (Å²) in [4.78, 5) is 0. The van der Waals surface area contributed by atoms with Crippen molar-refractivity contribution in [2.75, 3.05) is 12.8 Å². The highest BCUT2D eigenvalue weighted by Gasteiger charge is 2.40. The number of sulfonamides is 1. The van der Waals surface area contributed by atoms with Gasteiger partial charge in [-0.2, -0.15) is 4.31 Å². The van der Waals surface area contributed by atoms with Crippen LogP contribution in [0.2, 0.25) is 0 Å². The minimum Gasteiger partial charge on any atom is -0.212 e. The number of hydrogen-bond donors (Lipinski definition) is 0. The zero-order valence-corrected chi connectivity index (χ0v) is 8.87. The van der Waals surface area contributed by atoms with E-state index in [9.17, 15) is 8.42 Å². The Bertz CT molecular complexity index is 413. The number of rotatable bonds is 3. The van der Waals surface area contributed by atoms with Crippen LogP contribution in [-0.4, -0.2) is 31.6 Å². The van der Waals surface area contributed by atoms with E-state index in [0.29, 0.717) is 6.54 Å². The fourth-order valence-corrected chi connectivity index (χ4v) is 2.68. The van der Waals surface area contributed by atoms with Gasteiger partial charge >= 0.3 is 0 Å². The second-order valence-electron chi connectivity index (χ2n) is 3.68. The molecule has 2 rings (SSSR count). The second-order valence-corrected chi connectivity index (χ2v) is 5.61. The van der Waals surface area contributed by atoms with Crippen molar-refractivity contribution in [3.05, 3.63) is 35.9 Å². The zero-order chi connectivity index (χ0) is 10.2. The normalized spacial score (nSPS) is 26.1. The lowest BCUT2D eigenvalue weighted by atomic mass is 10.1. The van der Waals surface area contributed by atoms with Crippen LogP contribution >= 0.6 is 0 Å². The Morgan fingerprint density at radius 3 is 2.50 bits per heavy atom. The Kier molecular flexibility index (Phi) is 2.33. The summed E-state index contributed by atoms with van der Waals surface area (Å²) in [6.45, 7) is 0.674. The van der Waals surface area contributed by atoms with E-state index in [2.05, 4.69) is 0 Å². The van der Waals surface area contributed by atoms with Gasteiger partial charge in [0.05, 0.1) is 6.26 Å². The summed E-state index contributed by atoms with van der Waals surface area (Å²) in [5.74, 6) is 0. The summed E-state index contributed by atoms with van der Waals surface area (Å²) in [7, 11) is -2.97. The first-order valence-electron chi connectivity index (χ1n) is 4.58. The fraction of sp³-hybridized carbons (Fsp3) is 0.400. The molecular weight excluding hydrogens is 198 g/mol. The van der Waals surface area contributed by atoms with Gasteiger partial charge in [-0.25, -0.2) is 8.42 Å². The molecule has 1 aliphatic heterocycles. The first-order chi connectivity index (χ1) is 6.57. The molecule has 1 fully saturated rings. The van der Waals surface area contributed by atoms with Crippen molar-refractivity contribution >= 4 is 10.0 Å². The van der Waals surface area contributed by atoms with Crippen molar-refractivity contribution < 1.29 is 8.42 Å². The summed E-state index contributed by atoms with van der Waals surface area (Å²) in [5, 5.41) is 0. The fourth-order valence-electron chi connectivity index (χ4n) is 1.62. The third kappa shape index (κ3) is 2.13. The summed E-state index contributed by atoms with van der Waals surface area (Å²) in [6, 6.07) is 10.2. The molecule has 14 heavy (non-hydrogen) atoms. The van der Waals surface area contributed by atoms with Crippen molar-refractivity contribution in [1.29, 1.82) is 0 Å². The molecule has 4 heteroatoms. The van der Waals surface area contributed by atoms with E-state index in [1.165, 1.54) is 16.1 Å². The largest absolute Gasteiger partial charge is 0.212 e. The molecule has 0 radical (unpaired) electrons. The van der Waals surface area contributed by atoms with Gasteiger partial charge in [-0.3, -0.25) is 0 Å². The molecule has 0 spiro atoms. The quantitative estimate of drug-likeness (QED) is 0.696. The number of hydrogen-bond acceptors (Lipinski definition) is 2. The maximum Gasteiger partial charge on any atom is 0.211 e. The minimum absolute atomic E-state index is 0.187. The average Bonchev–Trinajstić information content (AvgIpc) is 2.85. The molecular formula is C10H13NO2S. The number of nitrogens with zero attached hydrogens (tertiary/aromatic N) is 1. The van der Waals surface area contributed by atoms with E-state index in [1.807, 2.05) is 30.3 Å². The summed E-state index contributed by atoms with van der Waals surface area (Å²) in [6.07, 6.45) is 2.09. The Morgan fingerprint density at radius 1 is 1.36 bits per heavy atom. The van der Waals surface area contributed by atoms with Crippen molar-refractivity contribution in [2.45, 2.75) is 12.5 Å². The molecule has 3 nitrogen and oxygen atoms in total. The highest BCUT2D eigenvalue weighted by molar-refractivity contribution is 7.88. The molecule has 1 aromatic carbocycles. The summed E-state index contributed by atoms with van der Waals surface area (Å²) in [5.41, 5.74) is 1.20. The van der Waals surface area contributed by atoms with Gasteiger partial charge in [-0.05, 0) is 12.0 Å². The molecule has 0 bridgehead atoms. The van der Waals surface area contributed by atoms with Crippen LogP contribution in [0.15, 0.2) is 30.3 Å². The van der Waals surface area contributed by atoms with Crippen LogP contribution in [0, 0.1) is 0 Å². The molecule has 0 aliphatic carbocycles. The maximum absolute atomic E-state index is 11.1. The van der Waals surface area contributed by atoms with E-state index in [1.54, 1.807) is 0 Å². The van der Waals surface area contributed by atoms with Gasteiger partial charge in [0.15, 0.2) is 0 Å². The maximum atomic E-state index is 11.1. The summed E-state index contributed by atoms with van der Waals surface area (Å²) >= 11 is 0. The topological polar surface area (TPSA) is 37.1 Å². The molecule has 0 aromatic heterocycles. The zero-order valence-electron chi connectivity index (χ0n) is 8.05. The molecule has 0 N–H and O–H groups in total. The van der Waals surface area contributed by atoms with E-state index in [0.717, 1.165) is 6.42 Å². The molecule has 1 saturated heterocycles. The van der Waals surface area contributed by atoms with E-state index in [4.69, 9.17) is 0 Å². The Labute approximate surface area is 84.4 Å². The van der Waals surface area contributed by atoms with Crippen molar-refractivity contribution in [3.63, 3.8) is 0 Å². The van der Waals surface area contributed by atoms with Crippen LogP contribution in [0.25, 0.3) is 0 Å². The SMILES string of the molecule is CS(=O)(=O)N1C[C@@H]1Cc1ccccc1. The lowest BCUT2D eigenvalue weighted by molar-refractivity contribution is 0.558. The predicted octanol–water partition coefficient (Wildman–Crippen LogP) is 0.873. The molecule has 0 amide bonds. The van der Waals surface area contributed by atoms with Gasteiger partial charge in [-0.1, -0.05) is 30.3 Å². The van der Waals surface area contributed by atoms with Crippen LogP contribution in [0.3, 0.4) is 0 Å². The third-order valence-corrected chi connectivity index (χ3v) is 3.70. The monoisotopic (exact) mass is 211 g/mol. The van der Waals surface area contributed by atoms with Crippen molar-refractivity contribution in [1.82, 2.24) is 4.31 Å². The smallest absolute Gasteiger partial charge is 0.211 e. The molecule has 1 heterocycles. The minimum atomic E-state index is -2.97. The van der Waals surface area contributed by atoms with Crippen molar-refractivity contribution in [2.24, 2.45) is 0 Å². The lowest BCUT2D eigenvalue weighted by Crippen LogP contribution is -2.12. The summed E-state index contributed by atoms with van der Waals surface area (Å²) < 4.78 is 23.8. The van der Waals surface area contributed by atoms with Crippen LogP contribution in [0.1, 0.15) is 5.56 Å². The molecule has 2 atom stereocenters.